The Hall–Kier alpha value is -2.07. The van der Waals surface area contributed by atoms with Crippen LogP contribution in [0.1, 0.15) is 12.5 Å². The average Bonchev–Trinajstić information content (AvgIpc) is 2.28. The van der Waals surface area contributed by atoms with Gasteiger partial charge < -0.3 is 5.11 Å². The number of nitro benzene ring substituents is 1. The van der Waals surface area contributed by atoms with Gasteiger partial charge in [-0.25, -0.2) is 4.39 Å². The van der Waals surface area contributed by atoms with E-state index in [1.807, 2.05) is 0 Å². The maximum Gasteiger partial charge on any atom is 0.315 e. The van der Waals surface area contributed by atoms with Crippen LogP contribution in [-0.4, -0.2) is 20.9 Å². The molecule has 0 amide bonds. The standard InChI is InChI=1S/C11H8FNO4S/c1-7(14)18-4-2-3-8-5-9(12)11(15)10(6-8)13(16)17/h5-6,15H,4H2,1H3. The first kappa shape index (κ1) is 14.0. The average molecular weight is 269 g/mol. The van der Waals surface area contributed by atoms with Crippen molar-refractivity contribution >= 4 is 22.6 Å². The minimum atomic E-state index is -1.10. The van der Waals surface area contributed by atoms with Gasteiger partial charge in [-0.1, -0.05) is 23.6 Å². The summed E-state index contributed by atoms with van der Waals surface area (Å²) in [5.41, 5.74) is -0.667. The fourth-order valence-corrected chi connectivity index (χ4v) is 1.42. The number of hydrogen-bond donors (Lipinski definition) is 1. The van der Waals surface area contributed by atoms with Gasteiger partial charge in [0, 0.05) is 18.6 Å². The van der Waals surface area contributed by atoms with Crippen LogP contribution in [0.2, 0.25) is 0 Å². The van der Waals surface area contributed by atoms with Crippen molar-refractivity contribution in [2.75, 3.05) is 5.75 Å². The van der Waals surface area contributed by atoms with Gasteiger partial charge in [0.05, 0.1) is 10.7 Å². The predicted molar refractivity (Wildman–Crippen MR) is 64.7 cm³/mol. The minimum Gasteiger partial charge on any atom is -0.500 e. The number of benzene rings is 1. The molecule has 0 saturated carbocycles. The molecule has 7 heteroatoms. The number of phenols is 1. The number of phenolic OH excluding ortho intramolecular Hbond substituents is 1. The van der Waals surface area contributed by atoms with Crippen LogP contribution in [0.25, 0.3) is 0 Å². The zero-order valence-electron chi connectivity index (χ0n) is 9.27. The van der Waals surface area contributed by atoms with Gasteiger partial charge in [0.1, 0.15) is 0 Å². The first-order chi connectivity index (χ1) is 8.41. The zero-order chi connectivity index (χ0) is 13.7. The predicted octanol–water partition coefficient (Wildman–Crippen LogP) is 2.07. The smallest absolute Gasteiger partial charge is 0.315 e. The normalized spacial score (nSPS) is 9.44. The number of thioether (sulfide) groups is 1. The van der Waals surface area contributed by atoms with Gasteiger partial charge in [-0.15, -0.1) is 0 Å². The minimum absolute atomic E-state index is 0.0705. The van der Waals surface area contributed by atoms with Gasteiger partial charge in [0.15, 0.2) is 10.9 Å². The van der Waals surface area contributed by atoms with Crippen LogP contribution in [0.3, 0.4) is 0 Å². The van der Waals surface area contributed by atoms with Crippen LogP contribution in [0.5, 0.6) is 5.75 Å². The molecule has 0 aliphatic heterocycles. The van der Waals surface area contributed by atoms with Crippen molar-refractivity contribution in [3.05, 3.63) is 33.6 Å². The van der Waals surface area contributed by atoms with E-state index in [0.717, 1.165) is 23.9 Å². The number of aromatic hydroxyl groups is 1. The van der Waals surface area contributed by atoms with Crippen molar-refractivity contribution in [3.8, 4) is 17.6 Å². The van der Waals surface area contributed by atoms with E-state index >= 15 is 0 Å². The van der Waals surface area contributed by atoms with Gasteiger partial charge in [0.25, 0.3) is 0 Å². The van der Waals surface area contributed by atoms with Crippen molar-refractivity contribution < 1.29 is 19.2 Å². The molecule has 0 heterocycles. The second-order valence-electron chi connectivity index (χ2n) is 3.16. The molecule has 1 aromatic carbocycles. The number of carbonyl (C=O) groups excluding carboxylic acids is 1. The lowest BCUT2D eigenvalue weighted by molar-refractivity contribution is -0.386. The highest BCUT2D eigenvalue weighted by Gasteiger charge is 2.18. The monoisotopic (exact) mass is 269 g/mol. The van der Waals surface area contributed by atoms with Gasteiger partial charge >= 0.3 is 5.69 Å². The number of nitro groups is 1. The molecule has 0 aliphatic rings. The van der Waals surface area contributed by atoms with Crippen LogP contribution in [0, 0.1) is 27.8 Å². The molecule has 0 aromatic heterocycles. The summed E-state index contributed by atoms with van der Waals surface area (Å²) in [6, 6.07) is 1.87. The Balaban J connectivity index is 2.97. The summed E-state index contributed by atoms with van der Waals surface area (Å²) in [6.07, 6.45) is 0. The lowest BCUT2D eigenvalue weighted by Crippen LogP contribution is -1.92. The fourth-order valence-electron chi connectivity index (χ4n) is 1.07. The van der Waals surface area contributed by atoms with E-state index in [2.05, 4.69) is 11.8 Å². The molecular formula is C11H8FNO4S. The van der Waals surface area contributed by atoms with E-state index in [0.29, 0.717) is 0 Å². The summed E-state index contributed by atoms with van der Waals surface area (Å²) in [4.78, 5) is 20.2. The molecule has 1 aromatic rings. The van der Waals surface area contributed by atoms with E-state index in [1.54, 1.807) is 0 Å². The molecule has 94 valence electrons. The molecule has 0 fully saturated rings. The summed E-state index contributed by atoms with van der Waals surface area (Å²) in [5.74, 6) is 3.15. The number of rotatable bonds is 2. The van der Waals surface area contributed by atoms with Crippen LogP contribution < -0.4 is 0 Å². The Morgan fingerprint density at radius 3 is 2.83 bits per heavy atom. The molecule has 5 nitrogen and oxygen atoms in total. The SMILES string of the molecule is CC(=O)SCC#Cc1cc(F)c(O)c([N+](=O)[O-])c1. The summed E-state index contributed by atoms with van der Waals surface area (Å²) in [7, 11) is 0. The Bertz CT molecular complexity index is 562. The van der Waals surface area contributed by atoms with Gasteiger partial charge in [-0.3, -0.25) is 14.9 Å². The Morgan fingerprint density at radius 1 is 1.61 bits per heavy atom. The molecule has 0 saturated heterocycles. The van der Waals surface area contributed by atoms with Crippen LogP contribution in [0.15, 0.2) is 12.1 Å². The first-order valence-corrected chi connectivity index (χ1v) is 5.69. The second-order valence-corrected chi connectivity index (χ2v) is 4.32. The first-order valence-electron chi connectivity index (χ1n) is 4.71. The quantitative estimate of drug-likeness (QED) is 0.505. The highest BCUT2D eigenvalue weighted by Crippen LogP contribution is 2.29. The number of hydrogen-bond acceptors (Lipinski definition) is 5. The van der Waals surface area contributed by atoms with Crippen molar-refractivity contribution in [1.82, 2.24) is 0 Å². The third-order valence-electron chi connectivity index (χ3n) is 1.82. The van der Waals surface area contributed by atoms with E-state index < -0.39 is 22.2 Å². The molecule has 0 radical (unpaired) electrons. The van der Waals surface area contributed by atoms with Crippen molar-refractivity contribution in [2.45, 2.75) is 6.92 Å². The van der Waals surface area contributed by atoms with Gasteiger partial charge in [0.2, 0.25) is 5.75 Å². The largest absolute Gasteiger partial charge is 0.500 e. The van der Waals surface area contributed by atoms with Gasteiger partial charge in [-0.2, -0.15) is 0 Å². The molecule has 0 bridgehead atoms. The maximum atomic E-state index is 13.2. The van der Waals surface area contributed by atoms with E-state index in [4.69, 9.17) is 5.11 Å². The van der Waals surface area contributed by atoms with Crippen molar-refractivity contribution in [3.63, 3.8) is 0 Å². The van der Waals surface area contributed by atoms with Crippen LogP contribution >= 0.6 is 11.8 Å². The molecule has 18 heavy (non-hydrogen) atoms. The Morgan fingerprint density at radius 2 is 2.28 bits per heavy atom. The lowest BCUT2D eigenvalue weighted by Gasteiger charge is -1.98. The highest BCUT2D eigenvalue weighted by molar-refractivity contribution is 8.13. The number of halogens is 1. The summed E-state index contributed by atoms with van der Waals surface area (Å²) in [5, 5.41) is 19.5. The third kappa shape index (κ3) is 3.75. The van der Waals surface area contributed by atoms with Crippen molar-refractivity contribution in [1.29, 1.82) is 0 Å². The Kier molecular flexibility index (Phi) is 4.68. The van der Waals surface area contributed by atoms with E-state index in [-0.39, 0.29) is 16.4 Å². The molecule has 0 spiro atoms. The van der Waals surface area contributed by atoms with Crippen LogP contribution in [-0.2, 0) is 4.79 Å². The summed E-state index contributed by atoms with van der Waals surface area (Å²) in [6.45, 7) is 1.39. The fraction of sp³-hybridized carbons (Fsp3) is 0.182. The number of nitrogens with zero attached hydrogens (tertiary/aromatic N) is 1. The summed E-state index contributed by atoms with van der Waals surface area (Å²) < 4.78 is 13.2. The maximum absolute atomic E-state index is 13.2. The molecule has 1 rings (SSSR count). The highest BCUT2D eigenvalue weighted by atomic mass is 32.2. The van der Waals surface area contributed by atoms with E-state index in [9.17, 15) is 19.3 Å². The zero-order valence-corrected chi connectivity index (χ0v) is 10.1. The molecular weight excluding hydrogens is 261 g/mol. The topological polar surface area (TPSA) is 80.4 Å². The molecule has 0 atom stereocenters. The van der Waals surface area contributed by atoms with Crippen LogP contribution in [0.4, 0.5) is 10.1 Å². The van der Waals surface area contributed by atoms with Crippen molar-refractivity contribution in [2.24, 2.45) is 0 Å². The van der Waals surface area contributed by atoms with E-state index in [1.165, 1.54) is 6.92 Å². The lowest BCUT2D eigenvalue weighted by atomic mass is 10.2. The second kappa shape index (κ2) is 6.02. The summed E-state index contributed by atoms with van der Waals surface area (Å²) >= 11 is 0.979. The molecule has 0 unspecified atom stereocenters. The molecule has 0 aliphatic carbocycles. The third-order valence-corrected chi connectivity index (χ3v) is 2.52. The number of carbonyl (C=O) groups is 1. The molecule has 1 N–H and O–H groups in total. The van der Waals surface area contributed by atoms with Gasteiger partial charge in [-0.05, 0) is 6.07 Å². The Labute approximate surface area is 106 Å².